The highest BCUT2D eigenvalue weighted by Crippen LogP contribution is 2.22. The summed E-state index contributed by atoms with van der Waals surface area (Å²) >= 11 is 0. The minimum Gasteiger partial charge on any atom is -0.356 e. The number of H-pyrrole nitrogens is 1. The highest BCUT2D eigenvalue weighted by atomic mass is 16.2. The number of nitrogens with zero attached hydrogens (tertiary/aromatic N) is 4. The van der Waals surface area contributed by atoms with Gasteiger partial charge in [-0.05, 0) is 69.4 Å². The van der Waals surface area contributed by atoms with Crippen molar-refractivity contribution in [2.24, 2.45) is 5.73 Å². The topological polar surface area (TPSA) is 120 Å². The van der Waals surface area contributed by atoms with E-state index in [0.717, 1.165) is 40.6 Å². The van der Waals surface area contributed by atoms with E-state index in [1.807, 2.05) is 53.1 Å². The van der Waals surface area contributed by atoms with Crippen molar-refractivity contribution in [2.75, 3.05) is 25.0 Å². The number of fused-ring (bicyclic) bond motifs is 1. The molecule has 1 aliphatic heterocycles. The molecule has 0 bridgehead atoms. The molecule has 4 aromatic rings. The van der Waals surface area contributed by atoms with Crippen molar-refractivity contribution in [3.05, 3.63) is 95.5 Å². The monoisotopic (exact) mass is 579 g/mol. The van der Waals surface area contributed by atoms with Gasteiger partial charge >= 0.3 is 0 Å². The normalized spacial score (nSPS) is 17.9. The number of carbonyl (C=O) groups is 2. The molecule has 9 heteroatoms. The molecule has 0 radical (unpaired) electrons. The fraction of sp³-hybridized carbons (Fsp3) is 0.353. The van der Waals surface area contributed by atoms with Gasteiger partial charge in [0.1, 0.15) is 0 Å². The lowest BCUT2D eigenvalue weighted by atomic mass is 9.96. The number of rotatable bonds is 10. The maximum Gasteiger partial charge on any atom is 0.247 e. The third kappa shape index (κ3) is 7.48. The van der Waals surface area contributed by atoms with E-state index in [9.17, 15) is 9.59 Å². The number of aryl methyl sites for hydroxylation is 2. The number of carbonyl (C=O) groups excluding carboxylic acids is 2. The van der Waals surface area contributed by atoms with Gasteiger partial charge in [0, 0.05) is 55.6 Å². The number of benzene rings is 2. The van der Waals surface area contributed by atoms with Crippen molar-refractivity contribution < 1.29 is 9.59 Å². The van der Waals surface area contributed by atoms with Crippen molar-refractivity contribution in [2.45, 2.75) is 58.2 Å². The zero-order valence-electron chi connectivity index (χ0n) is 25.2. The van der Waals surface area contributed by atoms with Gasteiger partial charge in [0.25, 0.3) is 0 Å². The quantitative estimate of drug-likeness (QED) is 0.188. The number of nitrogens with one attached hydrogen (secondary N) is 2. The first-order valence-electron chi connectivity index (χ1n) is 15.0. The molecule has 0 saturated carbocycles. The van der Waals surface area contributed by atoms with Crippen LogP contribution in [0.2, 0.25) is 0 Å². The van der Waals surface area contributed by atoms with Crippen LogP contribution >= 0.6 is 0 Å². The molecular formula is C34H41N7O2. The standard InChI is InChI=1S/C34H41N7O2/c1-23-10-11-27(24(2)19-23)20-30(35)33(43)41-21-25(3)40(22-29(41)8-6-16-36-34-37-17-18-38-34)32(42)15-14-28-13-12-26-7-4-5-9-31(26)39-28/h4-5,7,9-15,17-19,25,29-30H,6,8,16,20-22,35H2,1-3H3,(H2,36,37,38)/b15-14+/t25-,29+,30?/m1/s1. The lowest BCUT2D eigenvalue weighted by molar-refractivity contribution is -0.145. The molecule has 2 amide bonds. The molecule has 3 heterocycles. The summed E-state index contributed by atoms with van der Waals surface area (Å²) in [7, 11) is 0. The van der Waals surface area contributed by atoms with E-state index in [2.05, 4.69) is 52.3 Å². The Bertz CT molecular complexity index is 1580. The number of aromatic nitrogens is 3. The van der Waals surface area contributed by atoms with E-state index >= 15 is 0 Å². The van der Waals surface area contributed by atoms with Gasteiger partial charge in [0.15, 0.2) is 5.95 Å². The SMILES string of the molecule is Cc1ccc(CC(N)C(=O)N2C[C@@H](C)N(C(=O)/C=C/c3ccc4ccccc4n3)C[C@@H]2CCCNc2ncc[nH]2)c(C)c1. The van der Waals surface area contributed by atoms with Crippen LogP contribution < -0.4 is 11.1 Å². The Morgan fingerprint density at radius 1 is 1.12 bits per heavy atom. The third-order valence-corrected chi connectivity index (χ3v) is 8.18. The van der Waals surface area contributed by atoms with Crippen molar-refractivity contribution in [3.8, 4) is 0 Å². The van der Waals surface area contributed by atoms with Crippen molar-refractivity contribution in [1.82, 2.24) is 24.8 Å². The Morgan fingerprint density at radius 3 is 2.74 bits per heavy atom. The highest BCUT2D eigenvalue weighted by Gasteiger charge is 2.37. The first-order chi connectivity index (χ1) is 20.8. The number of para-hydroxylation sites is 1. The fourth-order valence-corrected chi connectivity index (χ4v) is 5.81. The van der Waals surface area contributed by atoms with E-state index < -0.39 is 6.04 Å². The number of piperazine rings is 1. The summed E-state index contributed by atoms with van der Waals surface area (Å²) in [4.78, 5) is 42.9. The second-order valence-electron chi connectivity index (χ2n) is 11.5. The molecule has 1 saturated heterocycles. The molecule has 3 atom stereocenters. The highest BCUT2D eigenvalue weighted by molar-refractivity contribution is 5.92. The fourth-order valence-electron chi connectivity index (χ4n) is 5.81. The molecule has 0 spiro atoms. The average molecular weight is 580 g/mol. The summed E-state index contributed by atoms with van der Waals surface area (Å²) in [5, 5.41) is 4.33. The maximum absolute atomic E-state index is 13.8. The first kappa shape index (κ1) is 30.0. The second-order valence-corrected chi connectivity index (χ2v) is 11.5. The van der Waals surface area contributed by atoms with Gasteiger partial charge in [0.2, 0.25) is 11.8 Å². The van der Waals surface area contributed by atoms with Gasteiger partial charge < -0.3 is 25.8 Å². The van der Waals surface area contributed by atoms with Gasteiger partial charge in [-0.3, -0.25) is 9.59 Å². The van der Waals surface area contributed by atoms with Gasteiger partial charge in [-0.25, -0.2) is 9.97 Å². The number of pyridine rings is 1. The largest absolute Gasteiger partial charge is 0.356 e. The van der Waals surface area contributed by atoms with Crippen LogP contribution in [-0.2, 0) is 16.0 Å². The molecule has 9 nitrogen and oxygen atoms in total. The van der Waals surface area contributed by atoms with Crippen LogP contribution in [0.1, 0.15) is 42.1 Å². The number of anilines is 1. The number of aromatic amines is 1. The Hall–Kier alpha value is -4.50. The van der Waals surface area contributed by atoms with Crippen molar-refractivity contribution in [3.63, 3.8) is 0 Å². The number of amides is 2. The summed E-state index contributed by atoms with van der Waals surface area (Å²) in [5.41, 5.74) is 11.6. The molecule has 5 rings (SSSR count). The molecule has 1 fully saturated rings. The predicted molar refractivity (Wildman–Crippen MR) is 171 cm³/mol. The molecule has 43 heavy (non-hydrogen) atoms. The molecular weight excluding hydrogens is 538 g/mol. The van der Waals surface area contributed by atoms with E-state index in [4.69, 9.17) is 5.73 Å². The van der Waals surface area contributed by atoms with Crippen LogP contribution in [0.15, 0.2) is 73.1 Å². The minimum atomic E-state index is -0.654. The number of imidazole rings is 1. The number of nitrogens with two attached hydrogens (primary N) is 1. The molecule has 2 aromatic heterocycles. The summed E-state index contributed by atoms with van der Waals surface area (Å²) in [6, 6.07) is 17.1. The molecule has 1 unspecified atom stereocenters. The molecule has 224 valence electrons. The summed E-state index contributed by atoms with van der Waals surface area (Å²) in [5.74, 6) is 0.552. The Labute approximate surface area is 253 Å². The second kappa shape index (κ2) is 13.6. The summed E-state index contributed by atoms with van der Waals surface area (Å²) in [6.45, 7) is 7.68. The zero-order valence-corrected chi connectivity index (χ0v) is 25.2. The number of hydrogen-bond acceptors (Lipinski definition) is 6. The molecule has 2 aromatic carbocycles. The lowest BCUT2D eigenvalue weighted by Gasteiger charge is -2.46. The van der Waals surface area contributed by atoms with E-state index in [1.54, 1.807) is 24.5 Å². The Morgan fingerprint density at radius 2 is 1.95 bits per heavy atom. The van der Waals surface area contributed by atoms with Gasteiger partial charge in [-0.2, -0.15) is 0 Å². The first-order valence-corrected chi connectivity index (χ1v) is 15.0. The molecule has 4 N–H and O–H groups in total. The molecule has 1 aliphatic rings. The van der Waals surface area contributed by atoms with Crippen LogP contribution in [0, 0.1) is 13.8 Å². The summed E-state index contributed by atoms with van der Waals surface area (Å²) < 4.78 is 0. The zero-order chi connectivity index (χ0) is 30.3. The minimum absolute atomic E-state index is 0.0705. The lowest BCUT2D eigenvalue weighted by Crippen LogP contribution is -2.62. The average Bonchev–Trinajstić information content (AvgIpc) is 3.53. The Kier molecular flexibility index (Phi) is 9.51. The van der Waals surface area contributed by atoms with Crippen LogP contribution in [0.3, 0.4) is 0 Å². The summed E-state index contributed by atoms with van der Waals surface area (Å²) in [6.07, 6.45) is 8.83. The van der Waals surface area contributed by atoms with Crippen LogP contribution in [0.5, 0.6) is 0 Å². The Balaban J connectivity index is 1.28. The third-order valence-electron chi connectivity index (χ3n) is 8.18. The van der Waals surface area contributed by atoms with E-state index in [0.29, 0.717) is 32.0 Å². The maximum atomic E-state index is 13.8. The number of hydrogen-bond donors (Lipinski definition) is 3. The van der Waals surface area contributed by atoms with Crippen LogP contribution in [0.25, 0.3) is 17.0 Å². The molecule has 0 aliphatic carbocycles. The van der Waals surface area contributed by atoms with E-state index in [-0.39, 0.29) is 23.9 Å². The van der Waals surface area contributed by atoms with Gasteiger partial charge in [0.05, 0.1) is 17.3 Å². The van der Waals surface area contributed by atoms with Crippen molar-refractivity contribution in [1.29, 1.82) is 0 Å². The van der Waals surface area contributed by atoms with Crippen molar-refractivity contribution >= 4 is 34.7 Å². The van der Waals surface area contributed by atoms with Gasteiger partial charge in [-0.1, -0.05) is 48.0 Å². The van der Waals surface area contributed by atoms with Crippen LogP contribution in [0.4, 0.5) is 5.95 Å². The predicted octanol–water partition coefficient (Wildman–Crippen LogP) is 4.48. The smallest absolute Gasteiger partial charge is 0.247 e. The van der Waals surface area contributed by atoms with E-state index in [1.165, 1.54) is 5.56 Å². The van der Waals surface area contributed by atoms with Crippen LogP contribution in [-0.4, -0.2) is 74.3 Å². The van der Waals surface area contributed by atoms with Gasteiger partial charge in [-0.15, -0.1) is 0 Å².